The topological polar surface area (TPSA) is 4.93 Å². The molecular weight excluding hydrogens is 481 g/mol. The lowest BCUT2D eigenvalue weighted by atomic mass is 9.78. The lowest BCUT2D eigenvalue weighted by molar-refractivity contribution is 1.34. The summed E-state index contributed by atoms with van der Waals surface area (Å²) >= 11 is 0. The summed E-state index contributed by atoms with van der Waals surface area (Å²) in [6.07, 6.45) is 25.1. The van der Waals surface area contributed by atoms with Crippen LogP contribution in [0.5, 0.6) is 0 Å². The molecule has 0 spiro atoms. The molecule has 1 heterocycles. The SMILES string of the molecule is C=C/C=C\C(=C/C)c1c(/C(C=C)=C/C=C)c(/C(C=C)=C/C=C)c(/C(C=C)=C/C=C)c2c3ccccc3n(BC)c12. The summed E-state index contributed by atoms with van der Waals surface area (Å²) in [5.74, 6) is 0. The van der Waals surface area contributed by atoms with E-state index in [1.54, 1.807) is 18.2 Å². The molecule has 0 saturated carbocycles. The minimum atomic E-state index is 0.789. The van der Waals surface area contributed by atoms with Gasteiger partial charge in [0.05, 0.1) is 0 Å². The molecule has 0 bridgehead atoms. The van der Waals surface area contributed by atoms with Gasteiger partial charge in [0, 0.05) is 38.5 Å². The maximum absolute atomic E-state index is 4.22. The Morgan fingerprint density at radius 1 is 0.675 bits per heavy atom. The summed E-state index contributed by atoms with van der Waals surface area (Å²) in [5, 5.41) is 2.31. The van der Waals surface area contributed by atoms with Gasteiger partial charge in [-0.1, -0.05) is 150 Å². The zero-order chi connectivity index (χ0) is 29.2. The van der Waals surface area contributed by atoms with Crippen molar-refractivity contribution in [2.24, 2.45) is 0 Å². The molecule has 3 rings (SSSR count). The van der Waals surface area contributed by atoms with Crippen LogP contribution in [-0.2, 0) is 0 Å². The van der Waals surface area contributed by atoms with Gasteiger partial charge in [-0.3, -0.25) is 0 Å². The first-order chi connectivity index (χ1) is 19.5. The van der Waals surface area contributed by atoms with Crippen molar-refractivity contribution in [3.8, 4) is 0 Å². The van der Waals surface area contributed by atoms with Gasteiger partial charge < -0.3 is 4.48 Å². The Morgan fingerprint density at radius 3 is 1.68 bits per heavy atom. The molecule has 0 N–H and O–H groups in total. The van der Waals surface area contributed by atoms with Crippen LogP contribution in [0, 0.1) is 0 Å². The van der Waals surface area contributed by atoms with Crippen LogP contribution in [0.3, 0.4) is 0 Å². The molecule has 198 valence electrons. The van der Waals surface area contributed by atoms with E-state index in [0.29, 0.717) is 0 Å². The van der Waals surface area contributed by atoms with E-state index < -0.39 is 0 Å². The van der Waals surface area contributed by atoms with Gasteiger partial charge in [-0.05, 0) is 40.8 Å². The summed E-state index contributed by atoms with van der Waals surface area (Å²) in [6.45, 7) is 32.9. The van der Waals surface area contributed by atoms with Crippen molar-refractivity contribution in [3.05, 3.63) is 172 Å². The maximum atomic E-state index is 4.22. The molecule has 3 aromatic rings. The highest BCUT2D eigenvalue weighted by Gasteiger charge is 2.28. The fourth-order valence-electron chi connectivity index (χ4n) is 5.42. The molecule has 0 aliphatic heterocycles. The number of nitrogens with zero attached hydrogens (tertiary/aromatic N) is 1. The van der Waals surface area contributed by atoms with E-state index in [-0.39, 0.29) is 0 Å². The highest BCUT2D eigenvalue weighted by atomic mass is 14.9. The van der Waals surface area contributed by atoms with Crippen LogP contribution in [0.15, 0.2) is 149 Å². The standard InChI is InChI=1S/C38H38BN/c1-10-18-24-30(17-8)36-34(28(15-6)22-12-3)33(27(14-5)21-11-2)35(29(16-7)23-13-4)37-31-25-19-20-26-32(31)40(39-9)38(36)37/h10-26,39H,1-7H2,8-9H3/b24-18-,27-21+,28-22+,29-23+,30-17+. The first-order valence-electron chi connectivity index (χ1n) is 13.5. The monoisotopic (exact) mass is 519 g/mol. The van der Waals surface area contributed by atoms with E-state index in [9.17, 15) is 0 Å². The fourth-order valence-corrected chi connectivity index (χ4v) is 5.42. The van der Waals surface area contributed by atoms with Gasteiger partial charge in [-0.25, -0.2) is 0 Å². The average molecular weight is 520 g/mol. The molecular formula is C38H38BN. The second-order valence-electron chi connectivity index (χ2n) is 9.01. The fraction of sp³-hybridized carbons (Fsp3) is 0.0526. The Kier molecular flexibility index (Phi) is 10.3. The van der Waals surface area contributed by atoms with E-state index in [0.717, 1.165) is 68.4 Å². The Bertz CT molecular complexity index is 1690. The van der Waals surface area contributed by atoms with Gasteiger partial charge in [0.25, 0.3) is 0 Å². The molecule has 0 aliphatic carbocycles. The third-order valence-corrected chi connectivity index (χ3v) is 6.95. The first-order valence-corrected chi connectivity index (χ1v) is 13.5. The molecule has 1 aromatic heterocycles. The maximum Gasteiger partial charge on any atom is 0.239 e. The van der Waals surface area contributed by atoms with Gasteiger partial charge in [-0.15, -0.1) is 0 Å². The predicted octanol–water partition coefficient (Wildman–Crippen LogP) is 10.5. The first kappa shape index (κ1) is 29.7. The predicted molar refractivity (Wildman–Crippen MR) is 186 cm³/mol. The van der Waals surface area contributed by atoms with E-state index in [1.165, 1.54) is 5.39 Å². The second kappa shape index (κ2) is 13.8. The molecule has 2 aromatic carbocycles. The highest BCUT2D eigenvalue weighted by molar-refractivity contribution is 6.39. The summed E-state index contributed by atoms with van der Waals surface area (Å²) in [5.41, 5.74) is 10.4. The molecule has 1 nitrogen and oxygen atoms in total. The molecule has 40 heavy (non-hydrogen) atoms. The van der Waals surface area contributed by atoms with Crippen LogP contribution in [0.4, 0.5) is 0 Å². The number of rotatable bonds is 13. The van der Waals surface area contributed by atoms with Crippen LogP contribution in [-0.4, -0.2) is 11.9 Å². The Labute approximate surface area is 240 Å². The Morgan fingerprint density at radius 2 is 1.20 bits per heavy atom. The summed E-state index contributed by atoms with van der Waals surface area (Å²) in [7, 11) is 0.789. The Hall–Kier alpha value is -4.82. The number of aromatic nitrogens is 1. The average Bonchev–Trinajstić information content (AvgIpc) is 3.31. The number of para-hydroxylation sites is 1. The van der Waals surface area contributed by atoms with Crippen LogP contribution in [0.1, 0.15) is 29.2 Å². The normalized spacial score (nSPS) is 12.9. The van der Waals surface area contributed by atoms with Crippen molar-refractivity contribution < 1.29 is 0 Å². The van der Waals surface area contributed by atoms with Crippen molar-refractivity contribution in [2.75, 3.05) is 0 Å². The van der Waals surface area contributed by atoms with E-state index in [1.807, 2.05) is 48.6 Å². The minimum absolute atomic E-state index is 0.789. The number of hydrogen-bond donors (Lipinski definition) is 0. The van der Waals surface area contributed by atoms with Gasteiger partial charge in [-0.2, -0.15) is 0 Å². The summed E-state index contributed by atoms with van der Waals surface area (Å²) in [6, 6.07) is 8.57. The Balaban J connectivity index is 3.04. The van der Waals surface area contributed by atoms with Crippen LogP contribution >= 0.6 is 0 Å². The highest BCUT2D eigenvalue weighted by Crippen LogP contribution is 2.48. The second-order valence-corrected chi connectivity index (χ2v) is 9.01. The van der Waals surface area contributed by atoms with Gasteiger partial charge >= 0.3 is 0 Å². The van der Waals surface area contributed by atoms with Crippen molar-refractivity contribution in [2.45, 2.75) is 13.7 Å². The van der Waals surface area contributed by atoms with Gasteiger partial charge in [0.2, 0.25) is 7.41 Å². The van der Waals surface area contributed by atoms with E-state index >= 15 is 0 Å². The van der Waals surface area contributed by atoms with Crippen LogP contribution in [0.2, 0.25) is 6.82 Å². The van der Waals surface area contributed by atoms with Crippen molar-refractivity contribution in [1.82, 2.24) is 4.48 Å². The van der Waals surface area contributed by atoms with E-state index in [2.05, 4.69) is 101 Å². The third kappa shape index (κ3) is 5.22. The molecule has 0 fully saturated rings. The van der Waals surface area contributed by atoms with Crippen molar-refractivity contribution in [1.29, 1.82) is 0 Å². The molecule has 0 saturated heterocycles. The lowest BCUT2D eigenvalue weighted by Gasteiger charge is -2.25. The number of benzene rings is 2. The number of hydrogen-bond acceptors (Lipinski definition) is 0. The largest absolute Gasteiger partial charge is 0.389 e. The van der Waals surface area contributed by atoms with Crippen molar-refractivity contribution in [3.63, 3.8) is 0 Å². The summed E-state index contributed by atoms with van der Waals surface area (Å²) in [4.78, 5) is 0. The van der Waals surface area contributed by atoms with Crippen LogP contribution < -0.4 is 0 Å². The zero-order valence-corrected chi connectivity index (χ0v) is 23.9. The number of fused-ring (bicyclic) bond motifs is 3. The third-order valence-electron chi connectivity index (χ3n) is 6.95. The summed E-state index contributed by atoms with van der Waals surface area (Å²) < 4.78 is 2.40. The minimum Gasteiger partial charge on any atom is -0.389 e. The van der Waals surface area contributed by atoms with Crippen LogP contribution in [0.25, 0.3) is 44.1 Å². The van der Waals surface area contributed by atoms with Gasteiger partial charge in [0.1, 0.15) is 0 Å². The quantitative estimate of drug-likeness (QED) is 0.156. The molecule has 0 unspecified atom stereocenters. The zero-order valence-electron chi connectivity index (χ0n) is 23.9. The molecule has 0 aliphatic rings. The lowest BCUT2D eigenvalue weighted by Crippen LogP contribution is -2.09. The molecule has 0 radical (unpaired) electrons. The van der Waals surface area contributed by atoms with Crippen molar-refractivity contribution >= 4 is 51.5 Å². The smallest absolute Gasteiger partial charge is 0.239 e. The van der Waals surface area contributed by atoms with Gasteiger partial charge in [0.15, 0.2) is 0 Å². The number of allylic oxidation sites excluding steroid dienone is 17. The molecule has 0 atom stereocenters. The molecule has 2 heteroatoms. The molecule has 0 amide bonds. The van der Waals surface area contributed by atoms with E-state index in [4.69, 9.17) is 0 Å².